The molecule has 1 aliphatic heterocycles. The highest BCUT2D eigenvalue weighted by atomic mass is 16.3. The van der Waals surface area contributed by atoms with Gasteiger partial charge < -0.3 is 15.3 Å². The van der Waals surface area contributed by atoms with E-state index in [1.54, 1.807) is 0 Å². The molecule has 0 radical (unpaired) electrons. The summed E-state index contributed by atoms with van der Waals surface area (Å²) in [7, 11) is 0. The van der Waals surface area contributed by atoms with Crippen LogP contribution in [0.15, 0.2) is 18.2 Å². The zero-order valence-corrected chi connectivity index (χ0v) is 12.3. The predicted molar refractivity (Wildman–Crippen MR) is 80.6 cm³/mol. The summed E-state index contributed by atoms with van der Waals surface area (Å²) < 4.78 is 0. The molecule has 0 bridgehead atoms. The third-order valence-electron chi connectivity index (χ3n) is 3.83. The van der Waals surface area contributed by atoms with Gasteiger partial charge in [0.15, 0.2) is 0 Å². The van der Waals surface area contributed by atoms with Crippen LogP contribution < -0.4 is 10.2 Å². The van der Waals surface area contributed by atoms with Crippen molar-refractivity contribution in [1.82, 2.24) is 5.32 Å². The van der Waals surface area contributed by atoms with Crippen molar-refractivity contribution in [2.45, 2.75) is 52.2 Å². The molecule has 0 saturated carbocycles. The molecular weight excluding hydrogens is 236 g/mol. The molecule has 3 nitrogen and oxygen atoms in total. The van der Waals surface area contributed by atoms with E-state index in [1.807, 2.05) is 0 Å². The van der Waals surface area contributed by atoms with Crippen LogP contribution in [0.3, 0.4) is 0 Å². The number of nitrogens with one attached hydrogen (secondary N) is 1. The molecule has 1 saturated heterocycles. The Morgan fingerprint density at radius 3 is 2.89 bits per heavy atom. The number of aryl methyl sites for hydroxylation is 1. The normalized spacial score (nSPS) is 19.4. The van der Waals surface area contributed by atoms with E-state index in [1.165, 1.54) is 23.2 Å². The molecule has 106 valence electrons. The van der Waals surface area contributed by atoms with E-state index >= 15 is 0 Å². The molecule has 19 heavy (non-hydrogen) atoms. The average molecular weight is 262 g/mol. The third-order valence-corrected chi connectivity index (χ3v) is 3.83. The van der Waals surface area contributed by atoms with Crippen LogP contribution in [0.5, 0.6) is 0 Å². The molecule has 0 amide bonds. The Bertz CT molecular complexity index is 417. The molecule has 0 aliphatic carbocycles. The topological polar surface area (TPSA) is 35.5 Å². The van der Waals surface area contributed by atoms with Gasteiger partial charge in [0.2, 0.25) is 0 Å². The van der Waals surface area contributed by atoms with Crippen molar-refractivity contribution in [1.29, 1.82) is 0 Å². The van der Waals surface area contributed by atoms with Crippen LogP contribution in [-0.2, 0) is 6.54 Å². The number of aliphatic hydroxyl groups is 1. The van der Waals surface area contributed by atoms with E-state index in [-0.39, 0.29) is 6.61 Å². The minimum absolute atomic E-state index is 0.255. The molecule has 0 aromatic heterocycles. The van der Waals surface area contributed by atoms with Gasteiger partial charge in [-0.3, -0.25) is 0 Å². The summed E-state index contributed by atoms with van der Waals surface area (Å²) in [5.74, 6) is 0. The monoisotopic (exact) mass is 262 g/mol. The molecule has 1 heterocycles. The van der Waals surface area contributed by atoms with E-state index in [2.05, 4.69) is 49.2 Å². The number of hydrogen-bond acceptors (Lipinski definition) is 3. The van der Waals surface area contributed by atoms with Crippen molar-refractivity contribution in [2.75, 3.05) is 18.1 Å². The lowest BCUT2D eigenvalue weighted by Crippen LogP contribution is -2.33. The van der Waals surface area contributed by atoms with Gasteiger partial charge in [0.25, 0.3) is 0 Å². The van der Waals surface area contributed by atoms with Crippen molar-refractivity contribution >= 4 is 5.69 Å². The van der Waals surface area contributed by atoms with Gasteiger partial charge in [0.05, 0.1) is 12.6 Å². The Kier molecular flexibility index (Phi) is 4.83. The zero-order valence-electron chi connectivity index (χ0n) is 12.3. The van der Waals surface area contributed by atoms with Gasteiger partial charge in [-0.05, 0) is 31.4 Å². The van der Waals surface area contributed by atoms with Gasteiger partial charge in [-0.2, -0.15) is 0 Å². The molecule has 0 spiro atoms. The standard InChI is InChI=1S/C16H26N2O/c1-12(2)17-10-14-9-13(3)6-7-16(14)18-8-4-5-15(18)11-19/h6-7,9,12,15,17,19H,4-5,8,10-11H2,1-3H3. The fourth-order valence-corrected chi connectivity index (χ4v) is 2.79. The van der Waals surface area contributed by atoms with Crippen LogP contribution in [0.2, 0.25) is 0 Å². The maximum atomic E-state index is 9.50. The molecule has 1 aromatic carbocycles. The summed E-state index contributed by atoms with van der Waals surface area (Å²) in [4.78, 5) is 2.37. The zero-order chi connectivity index (χ0) is 13.8. The number of hydrogen-bond donors (Lipinski definition) is 2. The van der Waals surface area contributed by atoms with Gasteiger partial charge in [0.1, 0.15) is 0 Å². The molecular formula is C16H26N2O. The first-order valence-corrected chi connectivity index (χ1v) is 7.32. The number of nitrogens with zero attached hydrogens (tertiary/aromatic N) is 1. The van der Waals surface area contributed by atoms with Crippen LogP contribution in [0.1, 0.15) is 37.8 Å². The van der Waals surface area contributed by atoms with E-state index in [4.69, 9.17) is 0 Å². The molecule has 1 aromatic rings. The second-order valence-electron chi connectivity index (χ2n) is 5.84. The number of aliphatic hydroxyl groups excluding tert-OH is 1. The minimum atomic E-state index is 0.255. The fraction of sp³-hybridized carbons (Fsp3) is 0.625. The largest absolute Gasteiger partial charge is 0.394 e. The van der Waals surface area contributed by atoms with Crippen molar-refractivity contribution in [3.05, 3.63) is 29.3 Å². The van der Waals surface area contributed by atoms with Crippen molar-refractivity contribution < 1.29 is 5.11 Å². The van der Waals surface area contributed by atoms with Crippen LogP contribution in [0, 0.1) is 6.92 Å². The number of rotatable bonds is 5. The van der Waals surface area contributed by atoms with Crippen molar-refractivity contribution in [3.63, 3.8) is 0 Å². The lowest BCUT2D eigenvalue weighted by molar-refractivity contribution is 0.266. The molecule has 3 heteroatoms. The second-order valence-corrected chi connectivity index (χ2v) is 5.84. The molecule has 1 unspecified atom stereocenters. The predicted octanol–water partition coefficient (Wildman–Crippen LogP) is 2.45. The minimum Gasteiger partial charge on any atom is -0.394 e. The van der Waals surface area contributed by atoms with Crippen LogP contribution in [0.25, 0.3) is 0 Å². The Labute approximate surface area is 116 Å². The van der Waals surface area contributed by atoms with Gasteiger partial charge in [0, 0.05) is 24.8 Å². The first kappa shape index (κ1) is 14.4. The van der Waals surface area contributed by atoms with Gasteiger partial charge >= 0.3 is 0 Å². The van der Waals surface area contributed by atoms with E-state index in [9.17, 15) is 5.11 Å². The van der Waals surface area contributed by atoms with E-state index in [0.717, 1.165) is 19.5 Å². The van der Waals surface area contributed by atoms with E-state index < -0.39 is 0 Å². The lowest BCUT2D eigenvalue weighted by Gasteiger charge is -2.28. The van der Waals surface area contributed by atoms with Crippen molar-refractivity contribution in [3.8, 4) is 0 Å². The maximum absolute atomic E-state index is 9.50. The average Bonchev–Trinajstić information content (AvgIpc) is 2.84. The summed E-state index contributed by atoms with van der Waals surface area (Å²) in [5.41, 5.74) is 3.92. The molecule has 1 aliphatic rings. The fourth-order valence-electron chi connectivity index (χ4n) is 2.79. The summed E-state index contributed by atoms with van der Waals surface area (Å²) in [5, 5.41) is 13.0. The van der Waals surface area contributed by atoms with Crippen molar-refractivity contribution in [2.24, 2.45) is 0 Å². The summed E-state index contributed by atoms with van der Waals surface area (Å²) in [6.07, 6.45) is 2.28. The Hall–Kier alpha value is -1.06. The second kappa shape index (κ2) is 6.40. The van der Waals surface area contributed by atoms with E-state index in [0.29, 0.717) is 12.1 Å². The third kappa shape index (κ3) is 3.48. The van der Waals surface area contributed by atoms with Gasteiger partial charge in [-0.15, -0.1) is 0 Å². The molecule has 1 atom stereocenters. The highest BCUT2D eigenvalue weighted by molar-refractivity contribution is 5.56. The first-order valence-electron chi connectivity index (χ1n) is 7.32. The Balaban J connectivity index is 2.23. The summed E-state index contributed by atoms with van der Waals surface area (Å²) in [6, 6.07) is 7.42. The highest BCUT2D eigenvalue weighted by Gasteiger charge is 2.25. The number of anilines is 1. The van der Waals surface area contributed by atoms with Gasteiger partial charge in [-0.1, -0.05) is 31.5 Å². The Morgan fingerprint density at radius 1 is 1.42 bits per heavy atom. The highest BCUT2D eigenvalue weighted by Crippen LogP contribution is 2.29. The van der Waals surface area contributed by atoms with Crippen LogP contribution in [0.4, 0.5) is 5.69 Å². The maximum Gasteiger partial charge on any atom is 0.0635 e. The molecule has 1 fully saturated rings. The number of benzene rings is 1. The SMILES string of the molecule is Cc1ccc(N2CCCC2CO)c(CNC(C)C)c1. The van der Waals surface area contributed by atoms with Crippen LogP contribution >= 0.6 is 0 Å². The quantitative estimate of drug-likeness (QED) is 0.855. The molecule has 2 rings (SSSR count). The molecule has 2 N–H and O–H groups in total. The smallest absolute Gasteiger partial charge is 0.0635 e. The van der Waals surface area contributed by atoms with Gasteiger partial charge in [-0.25, -0.2) is 0 Å². The summed E-state index contributed by atoms with van der Waals surface area (Å²) in [6.45, 7) is 8.68. The lowest BCUT2D eigenvalue weighted by atomic mass is 10.1. The van der Waals surface area contributed by atoms with Crippen LogP contribution in [-0.4, -0.2) is 30.3 Å². The Morgan fingerprint density at radius 2 is 2.21 bits per heavy atom. The summed E-state index contributed by atoms with van der Waals surface area (Å²) >= 11 is 0. The first-order chi connectivity index (χ1) is 9.11.